The maximum atomic E-state index is 6.10. The quantitative estimate of drug-likeness (QED) is 0.523. The third kappa shape index (κ3) is 3.04. The second-order valence-electron chi connectivity index (χ2n) is 6.46. The zero-order valence-corrected chi connectivity index (χ0v) is 15.4. The predicted molar refractivity (Wildman–Crippen MR) is 107 cm³/mol. The molecule has 5 heteroatoms. The van der Waals surface area contributed by atoms with Crippen molar-refractivity contribution in [1.29, 1.82) is 0 Å². The van der Waals surface area contributed by atoms with E-state index in [2.05, 4.69) is 39.5 Å². The highest BCUT2D eigenvalue weighted by molar-refractivity contribution is 6.30. The topological polar surface area (TPSA) is 34.0 Å². The maximum Gasteiger partial charge on any atom is 0.113 e. The van der Waals surface area contributed by atoms with Crippen LogP contribution in [-0.2, 0) is 0 Å². The summed E-state index contributed by atoms with van der Waals surface area (Å²) < 4.78 is 1.98. The second kappa shape index (κ2) is 6.81. The molecule has 1 aromatic heterocycles. The Morgan fingerprint density at radius 2 is 1.46 bits per heavy atom. The minimum atomic E-state index is -0.0733. The smallest absolute Gasteiger partial charge is 0.113 e. The number of rotatable bonds is 4. The lowest BCUT2D eigenvalue weighted by molar-refractivity contribution is 0.589. The summed E-state index contributed by atoms with van der Waals surface area (Å²) in [6.45, 7) is 0. The van der Waals surface area contributed by atoms with Crippen LogP contribution in [0.25, 0.3) is 11.0 Å². The van der Waals surface area contributed by atoms with E-state index in [1.807, 2.05) is 67.3 Å². The van der Waals surface area contributed by atoms with Crippen LogP contribution in [0.4, 0.5) is 5.69 Å². The monoisotopic (exact) mass is 362 g/mol. The van der Waals surface area contributed by atoms with E-state index in [4.69, 9.17) is 11.6 Å². The number of aromatic nitrogens is 3. The normalized spacial score (nSPS) is 12.3. The molecular weight excluding hydrogens is 344 g/mol. The summed E-state index contributed by atoms with van der Waals surface area (Å²) in [5.74, 6) is 0. The van der Waals surface area contributed by atoms with Crippen LogP contribution < -0.4 is 4.90 Å². The zero-order valence-electron chi connectivity index (χ0n) is 14.7. The number of benzene rings is 3. The standard InChI is InChI=1S/C21H19ClN4/c1-25(2)18-13-9-16(10-14-18)21(15-7-11-17(22)12-8-15)26-20-6-4-3-5-19(20)23-24-26/h3-14,21H,1-2H3. The van der Waals surface area contributed by atoms with Gasteiger partial charge in [-0.15, -0.1) is 5.10 Å². The van der Waals surface area contributed by atoms with E-state index in [1.165, 1.54) is 0 Å². The molecule has 1 atom stereocenters. The minimum Gasteiger partial charge on any atom is -0.378 e. The fourth-order valence-corrected chi connectivity index (χ4v) is 3.28. The summed E-state index contributed by atoms with van der Waals surface area (Å²) in [4.78, 5) is 2.09. The largest absolute Gasteiger partial charge is 0.378 e. The van der Waals surface area contributed by atoms with Crippen LogP contribution in [0.2, 0.25) is 5.02 Å². The average molecular weight is 363 g/mol. The summed E-state index contributed by atoms with van der Waals surface area (Å²) in [6.07, 6.45) is 0. The first kappa shape index (κ1) is 16.6. The molecule has 0 saturated carbocycles. The van der Waals surface area contributed by atoms with Crippen LogP contribution in [0.15, 0.2) is 72.8 Å². The van der Waals surface area contributed by atoms with Gasteiger partial charge in [-0.3, -0.25) is 0 Å². The van der Waals surface area contributed by atoms with Crippen LogP contribution in [0.3, 0.4) is 0 Å². The number of nitrogens with zero attached hydrogens (tertiary/aromatic N) is 4. The van der Waals surface area contributed by atoms with Crippen LogP contribution in [-0.4, -0.2) is 29.1 Å². The Hall–Kier alpha value is -2.85. The van der Waals surface area contributed by atoms with Crippen LogP contribution in [0, 0.1) is 0 Å². The molecule has 0 bridgehead atoms. The molecule has 130 valence electrons. The summed E-state index contributed by atoms with van der Waals surface area (Å²) in [5.41, 5.74) is 5.31. The highest BCUT2D eigenvalue weighted by atomic mass is 35.5. The lowest BCUT2D eigenvalue weighted by atomic mass is 9.98. The van der Waals surface area contributed by atoms with Gasteiger partial charge in [0.15, 0.2) is 0 Å². The number of fused-ring (bicyclic) bond motifs is 1. The molecule has 26 heavy (non-hydrogen) atoms. The Morgan fingerprint density at radius 3 is 2.12 bits per heavy atom. The van der Waals surface area contributed by atoms with Crippen molar-refractivity contribution in [2.45, 2.75) is 6.04 Å². The maximum absolute atomic E-state index is 6.10. The molecule has 0 spiro atoms. The molecule has 0 aliphatic rings. The molecule has 0 radical (unpaired) electrons. The van der Waals surface area contributed by atoms with Crippen molar-refractivity contribution in [1.82, 2.24) is 15.0 Å². The minimum absolute atomic E-state index is 0.0733. The summed E-state index contributed by atoms with van der Waals surface area (Å²) >= 11 is 6.10. The van der Waals surface area contributed by atoms with Gasteiger partial charge in [0.2, 0.25) is 0 Å². The predicted octanol–water partition coefficient (Wildman–Crippen LogP) is 4.79. The van der Waals surface area contributed by atoms with E-state index in [-0.39, 0.29) is 6.04 Å². The number of hydrogen-bond acceptors (Lipinski definition) is 3. The number of halogens is 1. The molecule has 0 aliphatic heterocycles. The molecule has 0 saturated heterocycles. The van der Waals surface area contributed by atoms with Gasteiger partial charge in [0.25, 0.3) is 0 Å². The van der Waals surface area contributed by atoms with Crippen molar-refractivity contribution in [3.05, 3.63) is 88.9 Å². The van der Waals surface area contributed by atoms with Gasteiger partial charge in [0.05, 0.1) is 5.52 Å². The Morgan fingerprint density at radius 1 is 0.846 bits per heavy atom. The fourth-order valence-electron chi connectivity index (χ4n) is 3.15. The fraction of sp³-hybridized carbons (Fsp3) is 0.143. The van der Waals surface area contributed by atoms with Crippen LogP contribution in [0.5, 0.6) is 0 Å². The molecule has 4 nitrogen and oxygen atoms in total. The number of hydrogen-bond donors (Lipinski definition) is 0. The van der Waals surface area contributed by atoms with E-state index in [9.17, 15) is 0 Å². The first-order chi connectivity index (χ1) is 12.6. The average Bonchev–Trinajstić information content (AvgIpc) is 3.08. The van der Waals surface area contributed by atoms with Crippen molar-refractivity contribution in [3.8, 4) is 0 Å². The molecule has 1 unspecified atom stereocenters. The van der Waals surface area contributed by atoms with Crippen molar-refractivity contribution >= 4 is 28.3 Å². The van der Waals surface area contributed by atoms with E-state index < -0.39 is 0 Å². The van der Waals surface area contributed by atoms with Gasteiger partial charge in [-0.2, -0.15) is 0 Å². The van der Waals surface area contributed by atoms with E-state index in [1.54, 1.807) is 0 Å². The first-order valence-electron chi connectivity index (χ1n) is 8.46. The Labute approximate surface area is 157 Å². The third-order valence-electron chi connectivity index (χ3n) is 4.53. The van der Waals surface area contributed by atoms with E-state index >= 15 is 0 Å². The van der Waals surface area contributed by atoms with Gasteiger partial charge >= 0.3 is 0 Å². The highest BCUT2D eigenvalue weighted by Gasteiger charge is 2.20. The van der Waals surface area contributed by atoms with Crippen molar-refractivity contribution in [3.63, 3.8) is 0 Å². The third-order valence-corrected chi connectivity index (χ3v) is 4.78. The molecular formula is C21H19ClN4. The molecule has 1 heterocycles. The first-order valence-corrected chi connectivity index (χ1v) is 8.84. The lowest BCUT2D eigenvalue weighted by Gasteiger charge is -2.20. The van der Waals surface area contributed by atoms with Gasteiger partial charge in [-0.1, -0.05) is 53.2 Å². The zero-order chi connectivity index (χ0) is 18.1. The molecule has 0 amide bonds. The Bertz CT molecular complexity index is 1020. The lowest BCUT2D eigenvalue weighted by Crippen LogP contribution is -2.14. The molecule has 4 aromatic rings. The van der Waals surface area contributed by atoms with Gasteiger partial charge in [-0.05, 0) is 47.5 Å². The molecule has 0 fully saturated rings. The van der Waals surface area contributed by atoms with E-state index in [0.717, 1.165) is 32.9 Å². The van der Waals surface area contributed by atoms with Crippen molar-refractivity contribution in [2.75, 3.05) is 19.0 Å². The Balaban J connectivity index is 1.88. The number of anilines is 1. The summed E-state index contributed by atoms with van der Waals surface area (Å²) in [6, 6.07) is 24.4. The van der Waals surface area contributed by atoms with Gasteiger partial charge in [-0.25, -0.2) is 4.68 Å². The second-order valence-corrected chi connectivity index (χ2v) is 6.90. The SMILES string of the molecule is CN(C)c1ccc(C(c2ccc(Cl)cc2)n2nnc3ccccc32)cc1. The van der Waals surface area contributed by atoms with Crippen LogP contribution >= 0.6 is 11.6 Å². The van der Waals surface area contributed by atoms with Crippen molar-refractivity contribution in [2.24, 2.45) is 0 Å². The van der Waals surface area contributed by atoms with Crippen LogP contribution in [0.1, 0.15) is 17.2 Å². The molecule has 3 aromatic carbocycles. The van der Waals surface area contributed by atoms with Gasteiger partial charge < -0.3 is 4.90 Å². The van der Waals surface area contributed by atoms with Gasteiger partial charge in [0.1, 0.15) is 11.6 Å². The Kier molecular flexibility index (Phi) is 4.35. The van der Waals surface area contributed by atoms with Crippen molar-refractivity contribution < 1.29 is 0 Å². The summed E-state index contributed by atoms with van der Waals surface area (Å²) in [7, 11) is 4.08. The molecule has 0 aliphatic carbocycles. The highest BCUT2D eigenvalue weighted by Crippen LogP contribution is 2.30. The van der Waals surface area contributed by atoms with E-state index in [0.29, 0.717) is 0 Å². The molecule has 4 rings (SSSR count). The van der Waals surface area contributed by atoms with Gasteiger partial charge in [0, 0.05) is 24.8 Å². The summed E-state index contributed by atoms with van der Waals surface area (Å²) in [5, 5.41) is 9.51. The molecule has 0 N–H and O–H groups in total. The number of para-hydroxylation sites is 1.